The molecule has 0 aromatic carbocycles. The summed E-state index contributed by atoms with van der Waals surface area (Å²) in [5.74, 6) is 0.883. The van der Waals surface area contributed by atoms with E-state index in [4.69, 9.17) is 0 Å². The maximum Gasteiger partial charge on any atom is 0.0899 e. The SMILES string of the molecule is CN[C@@H]1CC[C@@]2(O)[C@H]3CC4=C(C[C@H](O)CC4)[C@@]2(CCN3CC2CC2)C1. The molecule has 5 rings (SSSR count). The van der Waals surface area contributed by atoms with Gasteiger partial charge in [0.05, 0.1) is 11.7 Å². The maximum absolute atomic E-state index is 12.1. The highest BCUT2D eigenvalue weighted by Gasteiger charge is 2.65. The number of aliphatic hydroxyl groups excluding tert-OH is 1. The van der Waals surface area contributed by atoms with Gasteiger partial charge in [-0.05, 0) is 83.7 Å². The Labute approximate surface area is 151 Å². The summed E-state index contributed by atoms with van der Waals surface area (Å²) in [6, 6.07) is 0.815. The average Bonchev–Trinajstić information content (AvgIpc) is 3.41. The number of nitrogens with zero attached hydrogens (tertiary/aromatic N) is 1. The lowest BCUT2D eigenvalue weighted by molar-refractivity contribution is -0.193. The molecule has 140 valence electrons. The summed E-state index contributed by atoms with van der Waals surface area (Å²) < 4.78 is 0. The van der Waals surface area contributed by atoms with E-state index in [0.29, 0.717) is 12.1 Å². The molecule has 0 aromatic heterocycles. The van der Waals surface area contributed by atoms with E-state index < -0.39 is 5.60 Å². The van der Waals surface area contributed by atoms with Crippen molar-refractivity contribution < 1.29 is 10.2 Å². The standard InChI is InChI=1S/C21H34N2O2/c1-22-16-6-7-21(25)19-10-15-4-5-17(24)11-18(15)20(21,12-16)8-9-23(19)13-14-2-3-14/h14,16-17,19,22,24-25H,2-13H2,1H3/t16-,17-,19-,20-,21-/m1/s1. The highest BCUT2D eigenvalue weighted by Crippen LogP contribution is 2.63. The Kier molecular flexibility index (Phi) is 3.87. The van der Waals surface area contributed by atoms with Crippen LogP contribution in [-0.4, -0.2) is 59.0 Å². The molecule has 3 N–H and O–H groups in total. The lowest BCUT2D eigenvalue weighted by Crippen LogP contribution is -2.72. The van der Waals surface area contributed by atoms with E-state index in [9.17, 15) is 10.2 Å². The Bertz CT molecular complexity index is 586. The van der Waals surface area contributed by atoms with E-state index in [2.05, 4.69) is 17.3 Å². The summed E-state index contributed by atoms with van der Waals surface area (Å²) in [5.41, 5.74) is 2.40. The molecule has 1 aliphatic heterocycles. The third-order valence-corrected chi connectivity index (χ3v) is 8.38. The molecule has 4 nitrogen and oxygen atoms in total. The van der Waals surface area contributed by atoms with Crippen molar-refractivity contribution in [3.63, 3.8) is 0 Å². The van der Waals surface area contributed by atoms with Crippen molar-refractivity contribution in [2.45, 2.75) is 88.0 Å². The first-order chi connectivity index (χ1) is 12.1. The fourth-order valence-corrected chi connectivity index (χ4v) is 6.83. The highest BCUT2D eigenvalue weighted by molar-refractivity contribution is 5.39. The first kappa shape index (κ1) is 16.7. The lowest BCUT2D eigenvalue weighted by Gasteiger charge is -2.66. The maximum atomic E-state index is 12.1. The first-order valence-electron chi connectivity index (χ1n) is 10.6. The van der Waals surface area contributed by atoms with Crippen molar-refractivity contribution in [2.75, 3.05) is 20.1 Å². The number of rotatable bonds is 3. The first-order valence-corrected chi connectivity index (χ1v) is 10.6. The van der Waals surface area contributed by atoms with Crippen molar-refractivity contribution in [2.24, 2.45) is 11.3 Å². The molecule has 0 aromatic rings. The molecule has 2 bridgehead atoms. The molecular formula is C21H34N2O2. The minimum absolute atomic E-state index is 0.0847. The third-order valence-electron chi connectivity index (χ3n) is 8.38. The van der Waals surface area contributed by atoms with Crippen LogP contribution in [0.25, 0.3) is 0 Å². The Hall–Kier alpha value is -0.420. The minimum Gasteiger partial charge on any atom is -0.393 e. The Morgan fingerprint density at radius 1 is 1.16 bits per heavy atom. The van der Waals surface area contributed by atoms with Gasteiger partial charge in [-0.1, -0.05) is 11.1 Å². The predicted molar refractivity (Wildman–Crippen MR) is 98.3 cm³/mol. The van der Waals surface area contributed by atoms with E-state index in [1.54, 1.807) is 5.57 Å². The quantitative estimate of drug-likeness (QED) is 0.686. The van der Waals surface area contributed by atoms with E-state index in [0.717, 1.165) is 63.8 Å². The molecule has 0 radical (unpaired) electrons. The van der Waals surface area contributed by atoms with Gasteiger partial charge in [-0.3, -0.25) is 4.90 Å². The number of aliphatic hydroxyl groups is 2. The summed E-state index contributed by atoms with van der Waals surface area (Å²) in [7, 11) is 2.07. The average molecular weight is 347 g/mol. The molecule has 0 spiro atoms. The molecule has 1 saturated heterocycles. The fourth-order valence-electron chi connectivity index (χ4n) is 6.83. The predicted octanol–water partition coefficient (Wildman–Crippen LogP) is 2.21. The third kappa shape index (κ3) is 2.40. The van der Waals surface area contributed by atoms with Crippen molar-refractivity contribution in [1.82, 2.24) is 10.2 Å². The van der Waals surface area contributed by atoms with Crippen LogP contribution in [0.1, 0.15) is 64.2 Å². The number of likely N-dealkylation sites (tertiary alicyclic amines) is 1. The zero-order valence-corrected chi connectivity index (χ0v) is 15.6. The second-order valence-electron chi connectivity index (χ2n) is 9.62. The number of hydrogen-bond acceptors (Lipinski definition) is 4. The van der Waals surface area contributed by atoms with Crippen LogP contribution < -0.4 is 5.32 Å². The zero-order valence-electron chi connectivity index (χ0n) is 15.6. The summed E-state index contributed by atoms with van der Waals surface area (Å²) in [6.07, 6.45) is 10.5. The topological polar surface area (TPSA) is 55.7 Å². The number of hydrogen-bond donors (Lipinski definition) is 3. The van der Waals surface area contributed by atoms with E-state index in [1.165, 1.54) is 25.0 Å². The van der Waals surface area contributed by atoms with Gasteiger partial charge in [0, 0.05) is 24.0 Å². The highest BCUT2D eigenvalue weighted by atomic mass is 16.3. The fraction of sp³-hybridized carbons (Fsp3) is 0.905. The molecule has 4 heteroatoms. The molecule has 0 unspecified atom stereocenters. The van der Waals surface area contributed by atoms with E-state index in [1.807, 2.05) is 0 Å². The second-order valence-corrected chi connectivity index (χ2v) is 9.62. The Morgan fingerprint density at radius 2 is 2.00 bits per heavy atom. The van der Waals surface area contributed by atoms with Crippen LogP contribution in [0, 0.1) is 11.3 Å². The van der Waals surface area contributed by atoms with Crippen LogP contribution in [0.3, 0.4) is 0 Å². The van der Waals surface area contributed by atoms with E-state index >= 15 is 0 Å². The summed E-state index contributed by atoms with van der Waals surface area (Å²) in [4.78, 5) is 2.66. The van der Waals surface area contributed by atoms with Crippen LogP contribution in [0.5, 0.6) is 0 Å². The number of nitrogens with one attached hydrogen (secondary N) is 1. The van der Waals surface area contributed by atoms with Crippen molar-refractivity contribution in [3.8, 4) is 0 Å². The van der Waals surface area contributed by atoms with Gasteiger partial charge >= 0.3 is 0 Å². The van der Waals surface area contributed by atoms with Gasteiger partial charge < -0.3 is 15.5 Å². The van der Waals surface area contributed by atoms with Gasteiger partial charge in [0.25, 0.3) is 0 Å². The van der Waals surface area contributed by atoms with Crippen molar-refractivity contribution >= 4 is 0 Å². The van der Waals surface area contributed by atoms with Gasteiger partial charge in [0.15, 0.2) is 0 Å². The summed E-state index contributed by atoms with van der Waals surface area (Å²) in [6.45, 7) is 2.33. The minimum atomic E-state index is -0.580. The Morgan fingerprint density at radius 3 is 2.76 bits per heavy atom. The summed E-state index contributed by atoms with van der Waals surface area (Å²) >= 11 is 0. The largest absolute Gasteiger partial charge is 0.393 e. The molecule has 5 atom stereocenters. The van der Waals surface area contributed by atoms with Crippen molar-refractivity contribution in [1.29, 1.82) is 0 Å². The molecule has 2 saturated carbocycles. The van der Waals surface area contributed by atoms with Gasteiger partial charge in [-0.15, -0.1) is 0 Å². The van der Waals surface area contributed by atoms with Crippen LogP contribution in [0.4, 0.5) is 0 Å². The lowest BCUT2D eigenvalue weighted by atomic mass is 9.47. The molecule has 1 heterocycles. The number of piperidine rings is 1. The van der Waals surface area contributed by atoms with Crippen LogP contribution in [0.2, 0.25) is 0 Å². The smallest absolute Gasteiger partial charge is 0.0899 e. The van der Waals surface area contributed by atoms with E-state index in [-0.39, 0.29) is 11.5 Å². The summed E-state index contributed by atoms with van der Waals surface area (Å²) in [5, 5.41) is 26.0. The molecule has 25 heavy (non-hydrogen) atoms. The van der Waals surface area contributed by atoms with Crippen LogP contribution in [-0.2, 0) is 0 Å². The molecule has 3 fully saturated rings. The Balaban J connectivity index is 1.57. The second kappa shape index (κ2) is 5.79. The van der Waals surface area contributed by atoms with Crippen LogP contribution >= 0.6 is 0 Å². The zero-order chi connectivity index (χ0) is 17.2. The monoisotopic (exact) mass is 346 g/mol. The molecular weight excluding hydrogens is 312 g/mol. The van der Waals surface area contributed by atoms with Gasteiger partial charge in [-0.25, -0.2) is 0 Å². The normalized spacial score (nSPS) is 47.4. The molecule has 5 aliphatic rings. The van der Waals surface area contributed by atoms with Crippen molar-refractivity contribution in [3.05, 3.63) is 11.1 Å². The molecule has 0 amide bonds. The van der Waals surface area contributed by atoms with Gasteiger partial charge in [0.1, 0.15) is 0 Å². The van der Waals surface area contributed by atoms with Gasteiger partial charge in [0.2, 0.25) is 0 Å². The van der Waals surface area contributed by atoms with Crippen LogP contribution in [0.15, 0.2) is 11.1 Å². The molecule has 4 aliphatic carbocycles. The van der Waals surface area contributed by atoms with Gasteiger partial charge in [-0.2, -0.15) is 0 Å².